The molecule has 0 amide bonds. The van der Waals surface area contributed by atoms with Crippen molar-refractivity contribution in [2.75, 3.05) is 4.43 Å². The van der Waals surface area contributed by atoms with E-state index in [2.05, 4.69) is 6.92 Å². The first-order valence-corrected chi connectivity index (χ1v) is 6.44. The Labute approximate surface area is 50.8 Å². The fourth-order valence-electron chi connectivity index (χ4n) is 0.0790. The summed E-state index contributed by atoms with van der Waals surface area (Å²) in [5, 5.41) is 9.97. The van der Waals surface area contributed by atoms with Gasteiger partial charge >= 0.3 is 50.8 Å². The van der Waals surface area contributed by atoms with E-state index in [1.165, 1.54) is 13.4 Å². The zero-order valence-corrected chi connectivity index (χ0v) is 6.41. The number of nitriles is 1. The van der Waals surface area contributed by atoms with E-state index in [0.29, 0.717) is 0 Å². The van der Waals surface area contributed by atoms with Gasteiger partial charge in [-0.3, -0.25) is 0 Å². The second kappa shape index (κ2) is 5.57. The number of nitrogens with zero attached hydrogens (tertiary/aromatic N) is 1. The van der Waals surface area contributed by atoms with Crippen molar-refractivity contribution in [1.82, 2.24) is 0 Å². The maximum absolute atomic E-state index is 7.94. The van der Waals surface area contributed by atoms with E-state index in [1.807, 2.05) is 5.40 Å². The predicted molar refractivity (Wildman–Crippen MR) is 23.7 cm³/mol. The molecule has 0 aliphatic heterocycles. The third-order valence-electron chi connectivity index (χ3n) is 0.198. The van der Waals surface area contributed by atoms with Gasteiger partial charge < -0.3 is 0 Å². The average Bonchev–Trinajstić information content (AvgIpc) is 1.61. The molecule has 0 bridgehead atoms. The molecule has 0 fully saturated rings. The molecule has 0 rings (SSSR count). The summed E-state index contributed by atoms with van der Waals surface area (Å²) in [6, 6.07) is 0. The fourth-order valence-corrected chi connectivity index (χ4v) is 1.59. The quantitative estimate of drug-likeness (QED) is 0.235. The van der Waals surface area contributed by atoms with Gasteiger partial charge in [-0.25, -0.2) is 0 Å². The number of alkyl halides is 1. The van der Waals surface area contributed by atoms with Crippen molar-refractivity contribution in [1.29, 1.82) is 5.26 Å². The SMILES string of the molecule is CC[I-]SC#N. The Morgan fingerprint density at radius 1 is 2.00 bits per heavy atom. The molecular weight excluding hydrogens is 209 g/mol. The van der Waals surface area contributed by atoms with Crippen LogP contribution in [0.5, 0.6) is 0 Å². The molecular formula is C3H5INS-. The summed E-state index contributed by atoms with van der Waals surface area (Å²) in [6.45, 7) is 2.11. The summed E-state index contributed by atoms with van der Waals surface area (Å²) < 4.78 is 1.21. The van der Waals surface area contributed by atoms with Gasteiger partial charge in [-0.1, -0.05) is 0 Å². The minimum atomic E-state index is 0.183. The zero-order valence-electron chi connectivity index (χ0n) is 3.44. The first-order valence-electron chi connectivity index (χ1n) is 1.56. The van der Waals surface area contributed by atoms with Crippen molar-refractivity contribution < 1.29 is 19.8 Å². The average molecular weight is 214 g/mol. The molecule has 0 saturated carbocycles. The van der Waals surface area contributed by atoms with Crippen LogP contribution in [0.2, 0.25) is 0 Å². The molecule has 0 atom stereocenters. The topological polar surface area (TPSA) is 23.8 Å². The van der Waals surface area contributed by atoms with E-state index in [9.17, 15) is 0 Å². The normalized spacial score (nSPS) is 8.00. The van der Waals surface area contributed by atoms with Crippen LogP contribution in [0.4, 0.5) is 0 Å². The van der Waals surface area contributed by atoms with Gasteiger partial charge in [0.05, 0.1) is 0 Å². The van der Waals surface area contributed by atoms with Gasteiger partial charge in [-0.15, -0.1) is 0 Å². The standard InChI is InChI=1S/C3H5INS/c1-2-4-6-3-5/h2H2,1H3/q-1. The van der Waals surface area contributed by atoms with E-state index in [1.54, 1.807) is 0 Å². The number of hydrogen-bond donors (Lipinski definition) is 0. The molecule has 0 aromatic rings. The first-order chi connectivity index (χ1) is 2.91. The molecule has 0 N–H and O–H groups in total. The molecule has 0 aliphatic carbocycles. The number of thiocyanates is 1. The molecule has 6 heavy (non-hydrogen) atoms. The van der Waals surface area contributed by atoms with Crippen molar-refractivity contribution in [3.05, 3.63) is 0 Å². The molecule has 0 unspecified atom stereocenters. The molecule has 0 radical (unpaired) electrons. The molecule has 3 heteroatoms. The van der Waals surface area contributed by atoms with Crippen LogP contribution in [-0.4, -0.2) is 4.43 Å². The van der Waals surface area contributed by atoms with Gasteiger partial charge in [0.1, 0.15) is 0 Å². The van der Waals surface area contributed by atoms with Crippen molar-refractivity contribution in [3.63, 3.8) is 0 Å². The monoisotopic (exact) mass is 214 g/mol. The van der Waals surface area contributed by atoms with Gasteiger partial charge in [-0.2, -0.15) is 0 Å². The van der Waals surface area contributed by atoms with Crippen LogP contribution in [0.3, 0.4) is 0 Å². The second-order valence-corrected chi connectivity index (χ2v) is 5.82. The van der Waals surface area contributed by atoms with Crippen molar-refractivity contribution in [3.8, 4) is 5.40 Å². The minimum absolute atomic E-state index is 0.183. The second-order valence-electron chi connectivity index (χ2n) is 0.545. The first kappa shape index (κ1) is 6.57. The van der Waals surface area contributed by atoms with E-state index in [4.69, 9.17) is 5.26 Å². The molecule has 0 aromatic carbocycles. The van der Waals surface area contributed by atoms with E-state index < -0.39 is 0 Å². The van der Waals surface area contributed by atoms with Gasteiger partial charge in [0.2, 0.25) is 0 Å². The van der Waals surface area contributed by atoms with Gasteiger partial charge in [0, 0.05) is 0 Å². The van der Waals surface area contributed by atoms with E-state index in [0.717, 1.165) is 0 Å². The Balaban J connectivity index is 2.54. The molecule has 0 saturated heterocycles. The molecule has 0 aromatic heterocycles. The van der Waals surface area contributed by atoms with Gasteiger partial charge in [0.25, 0.3) is 0 Å². The number of rotatable bonds is 2. The predicted octanol–water partition coefficient (Wildman–Crippen LogP) is -1.78. The van der Waals surface area contributed by atoms with Crippen LogP contribution in [0, 0.1) is 10.7 Å². The summed E-state index contributed by atoms with van der Waals surface area (Å²) in [5.41, 5.74) is 0. The van der Waals surface area contributed by atoms with Crippen LogP contribution in [0.15, 0.2) is 0 Å². The van der Waals surface area contributed by atoms with Gasteiger partial charge in [-0.05, 0) is 0 Å². The third-order valence-corrected chi connectivity index (χ3v) is 3.99. The Kier molecular flexibility index (Phi) is 6.10. The molecule has 36 valence electrons. The van der Waals surface area contributed by atoms with Crippen LogP contribution < -0.4 is 19.8 Å². The number of hydrogen-bond acceptors (Lipinski definition) is 2. The molecule has 1 nitrogen and oxygen atoms in total. The maximum atomic E-state index is 7.94. The van der Waals surface area contributed by atoms with E-state index in [-0.39, 0.29) is 19.8 Å². The van der Waals surface area contributed by atoms with Crippen LogP contribution in [-0.2, 0) is 0 Å². The van der Waals surface area contributed by atoms with Crippen LogP contribution >= 0.6 is 8.93 Å². The fraction of sp³-hybridized carbons (Fsp3) is 0.667. The zero-order chi connectivity index (χ0) is 4.83. The molecule has 0 spiro atoms. The van der Waals surface area contributed by atoms with Crippen LogP contribution in [0.1, 0.15) is 6.92 Å². The Morgan fingerprint density at radius 2 is 2.67 bits per heavy atom. The molecule has 0 aliphatic rings. The summed E-state index contributed by atoms with van der Waals surface area (Å²) in [6.07, 6.45) is 0. The summed E-state index contributed by atoms with van der Waals surface area (Å²) >= 11 is 0.183. The molecule has 0 heterocycles. The van der Waals surface area contributed by atoms with Crippen molar-refractivity contribution in [2.24, 2.45) is 0 Å². The van der Waals surface area contributed by atoms with Crippen molar-refractivity contribution >= 4 is 8.93 Å². The third kappa shape index (κ3) is 4.57. The summed E-state index contributed by atoms with van der Waals surface area (Å²) in [7, 11) is 1.42. The van der Waals surface area contributed by atoms with E-state index >= 15 is 0 Å². The number of halogens is 1. The Hall–Kier alpha value is 0.570. The Bertz CT molecular complexity index is 58.3. The summed E-state index contributed by atoms with van der Waals surface area (Å²) in [4.78, 5) is 0. The summed E-state index contributed by atoms with van der Waals surface area (Å²) in [5.74, 6) is 0. The Morgan fingerprint density at radius 3 is 2.83 bits per heavy atom. The van der Waals surface area contributed by atoms with Gasteiger partial charge in [0.15, 0.2) is 0 Å². The van der Waals surface area contributed by atoms with Crippen LogP contribution in [0.25, 0.3) is 0 Å². The van der Waals surface area contributed by atoms with Crippen molar-refractivity contribution in [2.45, 2.75) is 6.92 Å².